The van der Waals surface area contributed by atoms with Crippen LogP contribution in [0.1, 0.15) is 11.1 Å². The summed E-state index contributed by atoms with van der Waals surface area (Å²) in [6, 6.07) is 6.37. The number of likely N-dealkylation sites (N-methyl/N-ethyl adjacent to an activating group) is 1. The number of methoxy groups -OCH3 is 1. The summed E-state index contributed by atoms with van der Waals surface area (Å²) in [5, 5.41) is 0. The zero-order chi connectivity index (χ0) is 12.0. The number of rotatable bonds is 6. The molecule has 0 fully saturated rings. The van der Waals surface area contributed by atoms with Gasteiger partial charge in [0, 0.05) is 6.54 Å². The molecular formula is C13H22N2O. The molecule has 0 amide bonds. The van der Waals surface area contributed by atoms with Gasteiger partial charge in [-0.05, 0) is 50.7 Å². The monoisotopic (exact) mass is 222 g/mol. The fourth-order valence-electron chi connectivity index (χ4n) is 1.69. The Bertz CT molecular complexity index is 324. The molecule has 0 radical (unpaired) electrons. The molecule has 2 N–H and O–H groups in total. The van der Waals surface area contributed by atoms with Crippen molar-refractivity contribution in [3.05, 3.63) is 29.3 Å². The van der Waals surface area contributed by atoms with Crippen molar-refractivity contribution in [1.82, 2.24) is 4.90 Å². The van der Waals surface area contributed by atoms with Crippen LogP contribution in [0.25, 0.3) is 0 Å². The molecule has 0 aliphatic carbocycles. The van der Waals surface area contributed by atoms with Gasteiger partial charge in [-0.25, -0.2) is 0 Å². The van der Waals surface area contributed by atoms with Crippen LogP contribution in [0.15, 0.2) is 18.2 Å². The lowest BCUT2D eigenvalue weighted by molar-refractivity contribution is 0.407. The highest BCUT2D eigenvalue weighted by molar-refractivity contribution is 5.37. The van der Waals surface area contributed by atoms with E-state index in [1.165, 1.54) is 11.1 Å². The SMILES string of the molecule is COc1ccc(CCN(C)C)cc1CCN. The molecular weight excluding hydrogens is 200 g/mol. The fourth-order valence-corrected chi connectivity index (χ4v) is 1.69. The van der Waals surface area contributed by atoms with E-state index >= 15 is 0 Å². The molecule has 1 rings (SSSR count). The predicted octanol–water partition coefficient (Wildman–Crippen LogP) is 1.30. The summed E-state index contributed by atoms with van der Waals surface area (Å²) in [5.41, 5.74) is 8.15. The van der Waals surface area contributed by atoms with Crippen LogP contribution < -0.4 is 10.5 Å². The molecule has 3 heteroatoms. The second-order valence-corrected chi connectivity index (χ2v) is 4.24. The third-order valence-corrected chi connectivity index (χ3v) is 2.61. The van der Waals surface area contributed by atoms with Crippen molar-refractivity contribution in [1.29, 1.82) is 0 Å². The summed E-state index contributed by atoms with van der Waals surface area (Å²) < 4.78 is 5.31. The normalized spacial score (nSPS) is 10.8. The van der Waals surface area contributed by atoms with E-state index in [0.29, 0.717) is 6.54 Å². The molecule has 16 heavy (non-hydrogen) atoms. The molecule has 90 valence electrons. The number of hydrogen-bond donors (Lipinski definition) is 1. The minimum absolute atomic E-state index is 0.660. The fraction of sp³-hybridized carbons (Fsp3) is 0.538. The van der Waals surface area contributed by atoms with Crippen molar-refractivity contribution in [3.8, 4) is 5.75 Å². The first kappa shape index (κ1) is 13.0. The summed E-state index contributed by atoms with van der Waals surface area (Å²) in [7, 11) is 5.88. The smallest absolute Gasteiger partial charge is 0.122 e. The van der Waals surface area contributed by atoms with Crippen molar-refractivity contribution in [2.75, 3.05) is 34.3 Å². The lowest BCUT2D eigenvalue weighted by atomic mass is 10.0. The second-order valence-electron chi connectivity index (χ2n) is 4.24. The van der Waals surface area contributed by atoms with Gasteiger partial charge in [-0.1, -0.05) is 12.1 Å². The molecule has 0 heterocycles. The molecule has 0 aromatic heterocycles. The molecule has 0 saturated carbocycles. The highest BCUT2D eigenvalue weighted by Crippen LogP contribution is 2.20. The maximum absolute atomic E-state index is 5.59. The molecule has 0 spiro atoms. The highest BCUT2D eigenvalue weighted by atomic mass is 16.5. The number of nitrogens with two attached hydrogens (primary N) is 1. The topological polar surface area (TPSA) is 38.5 Å². The van der Waals surface area contributed by atoms with Gasteiger partial charge in [0.2, 0.25) is 0 Å². The van der Waals surface area contributed by atoms with Gasteiger partial charge in [0.1, 0.15) is 5.75 Å². The number of nitrogens with zero attached hydrogens (tertiary/aromatic N) is 1. The van der Waals surface area contributed by atoms with Crippen LogP contribution in [0, 0.1) is 0 Å². The van der Waals surface area contributed by atoms with Crippen LogP contribution in [-0.4, -0.2) is 39.2 Å². The summed E-state index contributed by atoms with van der Waals surface area (Å²) >= 11 is 0. The lowest BCUT2D eigenvalue weighted by Crippen LogP contribution is -2.15. The molecule has 0 unspecified atom stereocenters. The van der Waals surface area contributed by atoms with Gasteiger partial charge in [-0.15, -0.1) is 0 Å². The van der Waals surface area contributed by atoms with Crippen LogP contribution in [0.3, 0.4) is 0 Å². The van der Waals surface area contributed by atoms with Crippen LogP contribution >= 0.6 is 0 Å². The molecule has 0 aliphatic heterocycles. The second kappa shape index (κ2) is 6.51. The van der Waals surface area contributed by atoms with Crippen LogP contribution in [-0.2, 0) is 12.8 Å². The minimum atomic E-state index is 0.660. The van der Waals surface area contributed by atoms with E-state index in [-0.39, 0.29) is 0 Å². The van der Waals surface area contributed by atoms with Gasteiger partial charge in [-0.3, -0.25) is 0 Å². The minimum Gasteiger partial charge on any atom is -0.496 e. The first-order valence-electron chi connectivity index (χ1n) is 5.68. The Hall–Kier alpha value is -1.06. The third-order valence-electron chi connectivity index (χ3n) is 2.61. The van der Waals surface area contributed by atoms with E-state index in [4.69, 9.17) is 10.5 Å². The van der Waals surface area contributed by atoms with E-state index in [2.05, 4.69) is 31.1 Å². The largest absolute Gasteiger partial charge is 0.496 e. The molecule has 0 aliphatic rings. The first-order valence-corrected chi connectivity index (χ1v) is 5.68. The lowest BCUT2D eigenvalue weighted by Gasteiger charge is -2.12. The molecule has 1 aromatic rings. The van der Waals surface area contributed by atoms with E-state index in [1.54, 1.807) is 7.11 Å². The summed E-state index contributed by atoms with van der Waals surface area (Å²) in [4.78, 5) is 2.19. The van der Waals surface area contributed by atoms with E-state index < -0.39 is 0 Å². The van der Waals surface area contributed by atoms with Crippen LogP contribution in [0.4, 0.5) is 0 Å². The molecule has 0 atom stereocenters. The highest BCUT2D eigenvalue weighted by Gasteiger charge is 2.04. The molecule has 3 nitrogen and oxygen atoms in total. The van der Waals surface area contributed by atoms with Gasteiger partial charge in [0.05, 0.1) is 7.11 Å². The molecule has 1 aromatic carbocycles. The van der Waals surface area contributed by atoms with Crippen LogP contribution in [0.5, 0.6) is 5.75 Å². The van der Waals surface area contributed by atoms with Gasteiger partial charge in [0.15, 0.2) is 0 Å². The van der Waals surface area contributed by atoms with E-state index in [9.17, 15) is 0 Å². The van der Waals surface area contributed by atoms with Gasteiger partial charge < -0.3 is 15.4 Å². The van der Waals surface area contributed by atoms with Crippen molar-refractivity contribution in [2.24, 2.45) is 5.73 Å². The number of ether oxygens (including phenoxy) is 1. The summed E-state index contributed by atoms with van der Waals surface area (Å²) in [6.45, 7) is 1.72. The Balaban J connectivity index is 2.76. The Kier molecular flexibility index (Phi) is 5.29. The zero-order valence-corrected chi connectivity index (χ0v) is 10.5. The molecule has 0 bridgehead atoms. The molecule has 0 saturated heterocycles. The van der Waals surface area contributed by atoms with E-state index in [1.807, 2.05) is 6.07 Å². The van der Waals surface area contributed by atoms with Gasteiger partial charge in [-0.2, -0.15) is 0 Å². The summed E-state index contributed by atoms with van der Waals surface area (Å²) in [6.07, 6.45) is 1.94. The average molecular weight is 222 g/mol. The van der Waals surface area contributed by atoms with Crippen LogP contribution in [0.2, 0.25) is 0 Å². The first-order chi connectivity index (χ1) is 7.67. The Morgan fingerprint density at radius 1 is 1.25 bits per heavy atom. The average Bonchev–Trinajstić information content (AvgIpc) is 2.27. The third kappa shape index (κ3) is 3.83. The summed E-state index contributed by atoms with van der Waals surface area (Å²) in [5.74, 6) is 0.944. The van der Waals surface area contributed by atoms with Gasteiger partial charge >= 0.3 is 0 Å². The zero-order valence-electron chi connectivity index (χ0n) is 10.5. The van der Waals surface area contributed by atoms with Gasteiger partial charge in [0.25, 0.3) is 0 Å². The Morgan fingerprint density at radius 3 is 2.56 bits per heavy atom. The number of benzene rings is 1. The van der Waals surface area contributed by atoms with Crippen molar-refractivity contribution >= 4 is 0 Å². The van der Waals surface area contributed by atoms with E-state index in [0.717, 1.165) is 25.1 Å². The predicted molar refractivity (Wildman–Crippen MR) is 68.0 cm³/mol. The number of hydrogen-bond acceptors (Lipinski definition) is 3. The maximum atomic E-state index is 5.59. The quantitative estimate of drug-likeness (QED) is 0.788. The Morgan fingerprint density at radius 2 is 2.00 bits per heavy atom. The van der Waals surface area contributed by atoms with Crippen molar-refractivity contribution < 1.29 is 4.74 Å². The Labute approximate surface area is 98.2 Å². The standard InChI is InChI=1S/C13H22N2O/c1-15(2)9-7-11-4-5-13(16-3)12(10-11)6-8-14/h4-5,10H,6-9,14H2,1-3H3. The maximum Gasteiger partial charge on any atom is 0.122 e. The van der Waals surface area contributed by atoms with Crippen molar-refractivity contribution in [3.63, 3.8) is 0 Å². The van der Waals surface area contributed by atoms with Crippen molar-refractivity contribution in [2.45, 2.75) is 12.8 Å².